The maximum Gasteiger partial charge on any atom is 0.259 e. The van der Waals surface area contributed by atoms with Gasteiger partial charge in [0, 0.05) is 37.7 Å². The van der Waals surface area contributed by atoms with E-state index in [2.05, 4.69) is 15.5 Å². The molecule has 0 bridgehead atoms. The van der Waals surface area contributed by atoms with Gasteiger partial charge in [-0.05, 0) is 47.7 Å². The second kappa shape index (κ2) is 7.80. The summed E-state index contributed by atoms with van der Waals surface area (Å²) in [6.45, 7) is 4.86. The monoisotopic (exact) mass is 383 g/mol. The number of nitrogens with zero attached hydrogens (tertiary/aromatic N) is 1. The highest BCUT2D eigenvalue weighted by atomic mass is 35.5. The molecule has 2 heterocycles. The number of halogens is 1. The van der Waals surface area contributed by atoms with E-state index in [1.54, 1.807) is 6.07 Å². The molecule has 2 aliphatic heterocycles. The van der Waals surface area contributed by atoms with Gasteiger partial charge < -0.3 is 10.2 Å². The minimum Gasteiger partial charge on any atom is -0.314 e. The Morgan fingerprint density at radius 2 is 1.85 bits per heavy atom. The van der Waals surface area contributed by atoms with Crippen LogP contribution in [0, 0.1) is 0 Å². The highest BCUT2D eigenvalue weighted by Gasteiger charge is 2.30. The van der Waals surface area contributed by atoms with E-state index in [9.17, 15) is 9.59 Å². The Labute approximate surface area is 163 Å². The van der Waals surface area contributed by atoms with Crippen molar-refractivity contribution in [2.24, 2.45) is 0 Å². The molecule has 0 saturated carbocycles. The highest BCUT2D eigenvalue weighted by Crippen LogP contribution is 2.27. The van der Waals surface area contributed by atoms with Crippen LogP contribution < -0.4 is 10.6 Å². The summed E-state index contributed by atoms with van der Waals surface area (Å²) in [5, 5.41) is 6.49. The van der Waals surface area contributed by atoms with E-state index < -0.39 is 0 Å². The number of fused-ring (bicyclic) bond motifs is 1. The number of hydrogen-bond acceptors (Lipinski definition) is 4. The molecule has 1 fully saturated rings. The Hall–Kier alpha value is -2.21. The van der Waals surface area contributed by atoms with Crippen molar-refractivity contribution >= 4 is 23.4 Å². The van der Waals surface area contributed by atoms with E-state index in [0.29, 0.717) is 22.6 Å². The number of amides is 2. The summed E-state index contributed by atoms with van der Waals surface area (Å²) < 4.78 is 0. The van der Waals surface area contributed by atoms with Gasteiger partial charge in [0.2, 0.25) is 0 Å². The summed E-state index contributed by atoms with van der Waals surface area (Å²) in [4.78, 5) is 26.9. The molecule has 1 saturated heterocycles. The van der Waals surface area contributed by atoms with E-state index in [0.717, 1.165) is 55.8 Å². The van der Waals surface area contributed by atoms with E-state index in [4.69, 9.17) is 11.6 Å². The minimum absolute atomic E-state index is 0.279. The predicted molar refractivity (Wildman–Crippen MR) is 106 cm³/mol. The van der Waals surface area contributed by atoms with Gasteiger partial charge >= 0.3 is 0 Å². The van der Waals surface area contributed by atoms with Gasteiger partial charge in [-0.15, -0.1) is 0 Å². The minimum atomic E-state index is -0.298. The second-order valence-corrected chi connectivity index (χ2v) is 7.49. The fourth-order valence-electron chi connectivity index (χ4n) is 3.90. The van der Waals surface area contributed by atoms with Crippen LogP contribution in [-0.4, -0.2) is 49.4 Å². The maximum absolute atomic E-state index is 12.4. The van der Waals surface area contributed by atoms with Crippen LogP contribution in [0.3, 0.4) is 0 Å². The lowest BCUT2D eigenvalue weighted by molar-refractivity contribution is 0.0879. The molecular weight excluding hydrogens is 362 g/mol. The third kappa shape index (κ3) is 3.90. The zero-order valence-electron chi connectivity index (χ0n) is 15.1. The Balaban J connectivity index is 1.66. The number of carbonyl (C=O) groups excluding carboxylic acids is 2. The molecule has 2 amide bonds. The van der Waals surface area contributed by atoms with Crippen molar-refractivity contribution < 1.29 is 9.59 Å². The first-order chi connectivity index (χ1) is 13.1. The van der Waals surface area contributed by atoms with Crippen molar-refractivity contribution in [3.63, 3.8) is 0 Å². The predicted octanol–water partition coefficient (Wildman–Crippen LogP) is 2.26. The SMILES string of the molecule is O=C1NC(=O)c2c1ccc(Cc1cccc(Cl)c1)c2CCN1CCNCC1. The average molecular weight is 384 g/mol. The van der Waals surface area contributed by atoms with Crippen LogP contribution in [0.1, 0.15) is 37.4 Å². The molecule has 0 unspecified atom stereocenters. The summed E-state index contributed by atoms with van der Waals surface area (Å²) >= 11 is 6.13. The van der Waals surface area contributed by atoms with Crippen molar-refractivity contribution in [1.82, 2.24) is 15.5 Å². The molecular formula is C21H22ClN3O2. The Morgan fingerprint density at radius 1 is 1.04 bits per heavy atom. The molecule has 6 heteroatoms. The molecule has 0 atom stereocenters. The van der Waals surface area contributed by atoms with Gasteiger partial charge in [0.1, 0.15) is 0 Å². The van der Waals surface area contributed by atoms with Crippen molar-refractivity contribution in [3.05, 3.63) is 69.2 Å². The topological polar surface area (TPSA) is 61.4 Å². The maximum atomic E-state index is 12.4. The van der Waals surface area contributed by atoms with Crippen LogP contribution in [-0.2, 0) is 12.8 Å². The Bertz CT molecular complexity index is 891. The lowest BCUT2D eigenvalue weighted by atomic mass is 9.91. The Morgan fingerprint density at radius 3 is 2.63 bits per heavy atom. The standard InChI is InChI=1S/C21H22ClN3O2/c22-16-3-1-2-14(13-16)12-15-4-5-18-19(21(27)24-20(18)26)17(15)6-9-25-10-7-23-8-11-25/h1-5,13,23H,6-12H2,(H,24,26,27). The van der Waals surface area contributed by atoms with E-state index in [1.165, 1.54) is 0 Å². The zero-order valence-corrected chi connectivity index (χ0v) is 15.8. The number of hydrogen-bond donors (Lipinski definition) is 2. The number of carbonyl (C=O) groups is 2. The third-order valence-corrected chi connectivity index (χ3v) is 5.52. The number of imide groups is 1. The summed E-state index contributed by atoms with van der Waals surface area (Å²) in [6, 6.07) is 11.5. The largest absolute Gasteiger partial charge is 0.314 e. The second-order valence-electron chi connectivity index (χ2n) is 7.06. The van der Waals surface area contributed by atoms with Crippen molar-refractivity contribution in [1.29, 1.82) is 0 Å². The summed E-state index contributed by atoms with van der Waals surface area (Å²) in [7, 11) is 0. The first kappa shape index (κ1) is 18.2. The number of nitrogens with one attached hydrogen (secondary N) is 2. The summed E-state index contributed by atoms with van der Waals surface area (Å²) in [6.07, 6.45) is 1.44. The highest BCUT2D eigenvalue weighted by molar-refractivity contribution is 6.30. The quantitative estimate of drug-likeness (QED) is 0.777. The fourth-order valence-corrected chi connectivity index (χ4v) is 4.11. The van der Waals surface area contributed by atoms with Gasteiger partial charge in [0.05, 0.1) is 11.1 Å². The van der Waals surface area contributed by atoms with Crippen LogP contribution in [0.4, 0.5) is 0 Å². The summed E-state index contributed by atoms with van der Waals surface area (Å²) in [5.41, 5.74) is 4.20. The molecule has 0 radical (unpaired) electrons. The molecule has 4 rings (SSSR count). The molecule has 140 valence electrons. The molecule has 2 aromatic rings. The first-order valence-corrected chi connectivity index (χ1v) is 9.67. The van der Waals surface area contributed by atoms with Crippen LogP contribution >= 0.6 is 11.6 Å². The fraction of sp³-hybridized carbons (Fsp3) is 0.333. The van der Waals surface area contributed by atoms with Gasteiger partial charge in [0.25, 0.3) is 11.8 Å². The molecule has 5 nitrogen and oxygen atoms in total. The van der Waals surface area contributed by atoms with Crippen LogP contribution in [0.5, 0.6) is 0 Å². The molecule has 0 aromatic heterocycles. The van der Waals surface area contributed by atoms with Gasteiger partial charge in [-0.3, -0.25) is 14.9 Å². The van der Waals surface area contributed by atoms with Crippen LogP contribution in [0.2, 0.25) is 5.02 Å². The molecule has 2 aliphatic rings. The van der Waals surface area contributed by atoms with Crippen LogP contribution in [0.15, 0.2) is 36.4 Å². The van der Waals surface area contributed by atoms with Gasteiger partial charge in [-0.1, -0.05) is 29.8 Å². The molecule has 27 heavy (non-hydrogen) atoms. The van der Waals surface area contributed by atoms with Gasteiger partial charge in [-0.25, -0.2) is 0 Å². The van der Waals surface area contributed by atoms with Crippen molar-refractivity contribution in [2.75, 3.05) is 32.7 Å². The van der Waals surface area contributed by atoms with E-state index in [1.807, 2.05) is 30.3 Å². The normalized spacial score (nSPS) is 17.1. The average Bonchev–Trinajstić information content (AvgIpc) is 2.96. The smallest absolute Gasteiger partial charge is 0.259 e. The van der Waals surface area contributed by atoms with Crippen molar-refractivity contribution in [2.45, 2.75) is 12.8 Å². The van der Waals surface area contributed by atoms with Crippen molar-refractivity contribution in [3.8, 4) is 0 Å². The molecule has 0 spiro atoms. The molecule has 2 aromatic carbocycles. The van der Waals surface area contributed by atoms with Crippen LogP contribution in [0.25, 0.3) is 0 Å². The third-order valence-electron chi connectivity index (χ3n) is 5.28. The molecule has 0 aliphatic carbocycles. The van der Waals surface area contributed by atoms with Gasteiger partial charge in [0.15, 0.2) is 0 Å². The van der Waals surface area contributed by atoms with Gasteiger partial charge in [-0.2, -0.15) is 0 Å². The molecule has 2 N–H and O–H groups in total. The Kier molecular flexibility index (Phi) is 5.25. The number of rotatable bonds is 5. The van der Waals surface area contributed by atoms with E-state index >= 15 is 0 Å². The number of benzene rings is 2. The lowest BCUT2D eigenvalue weighted by Gasteiger charge is -2.27. The number of piperazine rings is 1. The first-order valence-electron chi connectivity index (χ1n) is 9.30. The lowest BCUT2D eigenvalue weighted by Crippen LogP contribution is -2.44. The zero-order chi connectivity index (χ0) is 18.8. The van der Waals surface area contributed by atoms with E-state index in [-0.39, 0.29) is 11.8 Å². The summed E-state index contributed by atoms with van der Waals surface area (Å²) in [5.74, 6) is -0.578.